The van der Waals surface area contributed by atoms with Crippen LogP contribution < -0.4 is 5.32 Å². The Morgan fingerprint density at radius 1 is 1.14 bits per heavy atom. The molecule has 0 unspecified atom stereocenters. The van der Waals surface area contributed by atoms with Gasteiger partial charge in [-0.3, -0.25) is 4.98 Å². The molecular weight excluding hydrogens is 281 g/mol. The second kappa shape index (κ2) is 5.07. The summed E-state index contributed by atoms with van der Waals surface area (Å²) in [5.41, 5.74) is 4.68. The number of benzene rings is 1. The van der Waals surface area contributed by atoms with Crippen molar-refractivity contribution in [3.63, 3.8) is 0 Å². The third-order valence-electron chi connectivity index (χ3n) is 3.56. The molecule has 0 spiro atoms. The molecular formula is C16H12FN5. The summed E-state index contributed by atoms with van der Waals surface area (Å²) in [5, 5.41) is 11.6. The maximum Gasteiger partial charge on any atom is 0.123 e. The van der Waals surface area contributed by atoms with E-state index in [1.165, 1.54) is 12.1 Å². The predicted octanol–water partition coefficient (Wildman–Crippen LogP) is 2.77. The lowest BCUT2D eigenvalue weighted by atomic mass is 10.0. The molecule has 22 heavy (non-hydrogen) atoms. The Hall–Kier alpha value is -3.02. The molecule has 0 saturated heterocycles. The second-order valence-electron chi connectivity index (χ2n) is 5.01. The first kappa shape index (κ1) is 12.7. The van der Waals surface area contributed by atoms with E-state index < -0.39 is 0 Å². The zero-order chi connectivity index (χ0) is 14.9. The van der Waals surface area contributed by atoms with E-state index >= 15 is 0 Å². The molecule has 0 fully saturated rings. The smallest absolute Gasteiger partial charge is 0.123 e. The number of rotatable bonds is 2. The van der Waals surface area contributed by atoms with Crippen LogP contribution in [0.5, 0.6) is 0 Å². The lowest BCUT2D eigenvalue weighted by molar-refractivity contribution is 0.626. The van der Waals surface area contributed by atoms with Crippen LogP contribution in [0.4, 0.5) is 10.1 Å². The standard InChI is InChI=1S/C16H12FN5/c17-13-1-3-14(4-2-13)22-10-16(20-21-22)12-7-11-8-18-6-5-15(11)19-9-12/h1-8,10,19H,9H2. The molecule has 0 saturated carbocycles. The van der Waals surface area contributed by atoms with E-state index in [1.54, 1.807) is 23.0 Å². The minimum absolute atomic E-state index is 0.271. The first-order valence-electron chi connectivity index (χ1n) is 6.87. The normalized spacial score (nSPS) is 13.2. The van der Waals surface area contributed by atoms with Gasteiger partial charge in [0.1, 0.15) is 11.5 Å². The summed E-state index contributed by atoms with van der Waals surface area (Å²) in [7, 11) is 0. The van der Waals surface area contributed by atoms with Crippen LogP contribution in [0.2, 0.25) is 0 Å². The molecule has 2 aromatic heterocycles. The Bertz CT molecular complexity index is 851. The molecule has 0 radical (unpaired) electrons. The molecule has 1 aliphatic rings. The van der Waals surface area contributed by atoms with E-state index in [1.807, 2.05) is 18.5 Å². The number of hydrogen-bond donors (Lipinski definition) is 1. The highest BCUT2D eigenvalue weighted by Crippen LogP contribution is 2.26. The zero-order valence-corrected chi connectivity index (χ0v) is 11.6. The van der Waals surface area contributed by atoms with Crippen LogP contribution in [0.25, 0.3) is 17.3 Å². The highest BCUT2D eigenvalue weighted by Gasteiger charge is 2.14. The Labute approximate surface area is 126 Å². The number of anilines is 1. The largest absolute Gasteiger partial charge is 0.380 e. The molecule has 3 heterocycles. The molecule has 1 aromatic carbocycles. The number of nitrogens with one attached hydrogen (secondary N) is 1. The number of halogens is 1. The average Bonchev–Trinajstić information content (AvgIpc) is 3.05. The van der Waals surface area contributed by atoms with Gasteiger partial charge in [-0.05, 0) is 36.4 Å². The van der Waals surface area contributed by atoms with Gasteiger partial charge in [0.2, 0.25) is 0 Å². The van der Waals surface area contributed by atoms with E-state index in [0.717, 1.165) is 28.2 Å². The lowest BCUT2D eigenvalue weighted by Crippen LogP contribution is -2.10. The fourth-order valence-electron chi connectivity index (χ4n) is 2.41. The highest BCUT2D eigenvalue weighted by atomic mass is 19.1. The van der Waals surface area contributed by atoms with Crippen molar-refractivity contribution in [2.75, 3.05) is 11.9 Å². The lowest BCUT2D eigenvalue weighted by Gasteiger charge is -2.16. The second-order valence-corrected chi connectivity index (χ2v) is 5.01. The van der Waals surface area contributed by atoms with Crippen molar-refractivity contribution in [1.82, 2.24) is 20.0 Å². The Kier molecular flexibility index (Phi) is 2.93. The summed E-state index contributed by atoms with van der Waals surface area (Å²) in [4.78, 5) is 4.13. The van der Waals surface area contributed by atoms with Crippen LogP contribution in [-0.4, -0.2) is 26.5 Å². The Balaban J connectivity index is 1.68. The molecule has 1 aliphatic heterocycles. The van der Waals surface area contributed by atoms with E-state index in [4.69, 9.17) is 0 Å². The summed E-state index contributed by atoms with van der Waals surface area (Å²) in [6, 6.07) is 8.08. The number of hydrogen-bond acceptors (Lipinski definition) is 4. The molecule has 0 aliphatic carbocycles. The van der Waals surface area contributed by atoms with Gasteiger partial charge in [-0.1, -0.05) is 5.21 Å². The zero-order valence-electron chi connectivity index (χ0n) is 11.6. The van der Waals surface area contributed by atoms with Crippen LogP contribution in [-0.2, 0) is 0 Å². The SMILES string of the molecule is Fc1ccc(-n2cc(C3=Cc4cnccc4NC3)nn2)cc1. The van der Waals surface area contributed by atoms with Crippen molar-refractivity contribution < 1.29 is 4.39 Å². The summed E-state index contributed by atoms with van der Waals surface area (Å²) in [6.07, 6.45) is 7.46. The maximum atomic E-state index is 13.0. The Morgan fingerprint density at radius 3 is 2.86 bits per heavy atom. The summed E-state index contributed by atoms with van der Waals surface area (Å²) >= 11 is 0. The van der Waals surface area contributed by atoms with Crippen LogP contribution >= 0.6 is 0 Å². The van der Waals surface area contributed by atoms with Crippen LogP contribution in [0, 0.1) is 5.82 Å². The van der Waals surface area contributed by atoms with Gasteiger partial charge in [0.15, 0.2) is 0 Å². The molecule has 0 amide bonds. The van der Waals surface area contributed by atoms with Gasteiger partial charge in [0, 0.05) is 35.8 Å². The van der Waals surface area contributed by atoms with Crippen molar-refractivity contribution >= 4 is 17.3 Å². The van der Waals surface area contributed by atoms with Crippen molar-refractivity contribution in [2.45, 2.75) is 0 Å². The maximum absolute atomic E-state index is 13.0. The molecule has 0 atom stereocenters. The molecule has 5 nitrogen and oxygen atoms in total. The molecule has 108 valence electrons. The minimum atomic E-state index is -0.271. The van der Waals surface area contributed by atoms with Gasteiger partial charge in [-0.25, -0.2) is 9.07 Å². The van der Waals surface area contributed by atoms with Gasteiger partial charge < -0.3 is 5.32 Å². The summed E-state index contributed by atoms with van der Waals surface area (Å²) in [5.74, 6) is -0.271. The average molecular weight is 293 g/mol. The first-order chi connectivity index (χ1) is 10.8. The molecule has 0 bridgehead atoms. The van der Waals surface area contributed by atoms with Gasteiger partial charge >= 0.3 is 0 Å². The molecule has 6 heteroatoms. The van der Waals surface area contributed by atoms with Gasteiger partial charge in [0.05, 0.1) is 11.9 Å². The number of aromatic nitrogens is 4. The first-order valence-corrected chi connectivity index (χ1v) is 6.87. The van der Waals surface area contributed by atoms with Gasteiger partial charge in [-0.2, -0.15) is 0 Å². The van der Waals surface area contributed by atoms with Gasteiger partial charge in [0.25, 0.3) is 0 Å². The third kappa shape index (κ3) is 2.24. The fourth-order valence-corrected chi connectivity index (χ4v) is 2.41. The van der Waals surface area contributed by atoms with Crippen molar-refractivity contribution in [1.29, 1.82) is 0 Å². The Morgan fingerprint density at radius 2 is 2.00 bits per heavy atom. The van der Waals surface area contributed by atoms with Crippen molar-refractivity contribution in [3.8, 4) is 5.69 Å². The monoisotopic (exact) mass is 293 g/mol. The van der Waals surface area contributed by atoms with E-state index in [-0.39, 0.29) is 5.82 Å². The van der Waals surface area contributed by atoms with Crippen molar-refractivity contribution in [3.05, 3.63) is 66.0 Å². The number of pyridine rings is 1. The summed E-state index contributed by atoms with van der Waals surface area (Å²) < 4.78 is 14.6. The van der Waals surface area contributed by atoms with Crippen LogP contribution in [0.1, 0.15) is 11.3 Å². The molecule has 4 rings (SSSR count). The predicted molar refractivity (Wildman–Crippen MR) is 81.9 cm³/mol. The van der Waals surface area contributed by atoms with Crippen LogP contribution in [0.15, 0.2) is 48.9 Å². The highest BCUT2D eigenvalue weighted by molar-refractivity contribution is 5.88. The van der Waals surface area contributed by atoms with Crippen LogP contribution in [0.3, 0.4) is 0 Å². The third-order valence-corrected chi connectivity index (χ3v) is 3.56. The van der Waals surface area contributed by atoms with E-state index in [9.17, 15) is 4.39 Å². The molecule has 1 N–H and O–H groups in total. The van der Waals surface area contributed by atoms with E-state index in [0.29, 0.717) is 6.54 Å². The minimum Gasteiger partial charge on any atom is -0.380 e. The van der Waals surface area contributed by atoms with E-state index in [2.05, 4.69) is 26.7 Å². The fraction of sp³-hybridized carbons (Fsp3) is 0.0625. The quantitative estimate of drug-likeness (QED) is 0.789. The van der Waals surface area contributed by atoms with Gasteiger partial charge in [-0.15, -0.1) is 5.10 Å². The van der Waals surface area contributed by atoms with Crippen molar-refractivity contribution in [2.24, 2.45) is 0 Å². The topological polar surface area (TPSA) is 55.6 Å². The molecule has 3 aromatic rings. The number of nitrogens with zero attached hydrogens (tertiary/aromatic N) is 4. The number of fused-ring (bicyclic) bond motifs is 1. The summed E-state index contributed by atoms with van der Waals surface area (Å²) in [6.45, 7) is 0.680.